The average molecular weight is 471 g/mol. The third-order valence-electron chi connectivity index (χ3n) is 7.05. The van der Waals surface area contributed by atoms with E-state index < -0.39 is 5.97 Å². The SMILES string of the molecule is O=C(O)CC1CCC(c2ccc(N3C=CC4=NC(C(=O)NCc5ccccc5)=C[N+]4C3)cc2)CC1. The summed E-state index contributed by atoms with van der Waals surface area (Å²) in [6, 6.07) is 18.5. The second kappa shape index (κ2) is 10.3. The number of fused-ring (bicyclic) bond motifs is 1. The Morgan fingerprint density at radius 2 is 1.77 bits per heavy atom. The van der Waals surface area contributed by atoms with Gasteiger partial charge in [0.2, 0.25) is 6.67 Å². The summed E-state index contributed by atoms with van der Waals surface area (Å²) in [6.45, 7) is 1.06. The van der Waals surface area contributed by atoms with Gasteiger partial charge in [0.1, 0.15) is 0 Å². The van der Waals surface area contributed by atoms with E-state index in [4.69, 9.17) is 5.11 Å². The molecule has 0 aromatic heterocycles. The van der Waals surface area contributed by atoms with Crippen molar-refractivity contribution < 1.29 is 14.7 Å². The number of rotatable bonds is 7. The minimum absolute atomic E-state index is 0.182. The molecule has 3 aliphatic rings. The summed E-state index contributed by atoms with van der Waals surface area (Å²) in [4.78, 5) is 32.2. The Morgan fingerprint density at radius 3 is 2.49 bits per heavy atom. The van der Waals surface area contributed by atoms with Gasteiger partial charge in [0.05, 0.1) is 0 Å². The van der Waals surface area contributed by atoms with Crippen molar-refractivity contribution in [3.63, 3.8) is 0 Å². The molecule has 0 bridgehead atoms. The van der Waals surface area contributed by atoms with Gasteiger partial charge in [0.25, 0.3) is 11.7 Å². The van der Waals surface area contributed by atoms with Gasteiger partial charge in [-0.2, -0.15) is 4.99 Å². The lowest BCUT2D eigenvalue weighted by molar-refractivity contribution is -0.138. The molecule has 1 fully saturated rings. The number of nitrogens with zero attached hydrogens (tertiary/aromatic N) is 3. The fraction of sp³-hybridized carbons (Fsp3) is 0.321. The highest BCUT2D eigenvalue weighted by Crippen LogP contribution is 2.37. The van der Waals surface area contributed by atoms with Crippen molar-refractivity contribution in [2.24, 2.45) is 10.9 Å². The molecule has 0 saturated heterocycles. The molecule has 2 heterocycles. The number of amides is 1. The standard InChI is InChI=1S/C28H30N4O3/c33-27(34)16-20-6-8-22(9-7-20)23-10-12-24(13-11-23)31-15-14-26-30-25(18-32(26)19-31)28(35)29-17-21-4-2-1-3-5-21/h1-5,10-15,18,20,22H,6-9,16-17,19H2,(H,29,35)(H,33,34)/q+1. The van der Waals surface area contributed by atoms with Crippen molar-refractivity contribution in [2.45, 2.75) is 44.6 Å². The first kappa shape index (κ1) is 23.1. The van der Waals surface area contributed by atoms with Crippen LogP contribution < -0.4 is 15.1 Å². The Morgan fingerprint density at radius 1 is 1.03 bits per heavy atom. The van der Waals surface area contributed by atoms with Crippen LogP contribution in [0.2, 0.25) is 0 Å². The molecule has 1 amide bonds. The second-order valence-corrected chi connectivity index (χ2v) is 9.46. The van der Waals surface area contributed by atoms with Crippen LogP contribution in [-0.4, -0.2) is 29.5 Å². The van der Waals surface area contributed by atoms with Crippen LogP contribution in [0.15, 0.2) is 83.8 Å². The zero-order valence-corrected chi connectivity index (χ0v) is 19.6. The number of carbonyl (C=O) groups excluding carboxylic acids is 1. The van der Waals surface area contributed by atoms with Crippen LogP contribution >= 0.6 is 0 Å². The number of carbonyl (C=O) groups is 2. The molecule has 2 N–H and O–H groups in total. The topological polar surface area (TPSA) is 87.9 Å². The summed E-state index contributed by atoms with van der Waals surface area (Å²) in [6.07, 6.45) is 10.1. The Kier molecular flexibility index (Phi) is 6.77. The van der Waals surface area contributed by atoms with E-state index in [2.05, 4.69) is 39.5 Å². The monoisotopic (exact) mass is 470 g/mol. The van der Waals surface area contributed by atoms with Gasteiger partial charge in [-0.05, 0) is 60.8 Å². The summed E-state index contributed by atoms with van der Waals surface area (Å²) < 4.78 is 0. The lowest BCUT2D eigenvalue weighted by Gasteiger charge is -2.28. The molecule has 2 aromatic carbocycles. The summed E-state index contributed by atoms with van der Waals surface area (Å²) in [5.41, 5.74) is 3.87. The first-order valence-corrected chi connectivity index (χ1v) is 12.2. The number of nitrogens with one attached hydrogen (secondary N) is 1. The number of anilines is 1. The van der Waals surface area contributed by atoms with Crippen LogP contribution in [0.5, 0.6) is 0 Å². The maximum Gasteiger partial charge on any atom is 0.303 e. The Labute approximate surface area is 205 Å². The highest BCUT2D eigenvalue weighted by Gasteiger charge is 2.35. The van der Waals surface area contributed by atoms with Crippen molar-refractivity contribution in [3.8, 4) is 0 Å². The van der Waals surface area contributed by atoms with Gasteiger partial charge in [-0.1, -0.05) is 47.4 Å². The van der Waals surface area contributed by atoms with Crippen LogP contribution in [0.1, 0.15) is 49.1 Å². The number of carboxylic acid groups (broad SMARTS) is 1. The highest BCUT2D eigenvalue weighted by molar-refractivity contribution is 6.06. The van der Waals surface area contributed by atoms with Crippen molar-refractivity contribution in [3.05, 3.63) is 89.9 Å². The highest BCUT2D eigenvalue weighted by atomic mass is 16.4. The number of benzene rings is 2. The van der Waals surface area contributed by atoms with Gasteiger partial charge in [-0.25, -0.2) is 0 Å². The summed E-state index contributed by atoms with van der Waals surface area (Å²) in [7, 11) is 0. The molecule has 1 saturated carbocycles. The number of carboxylic acids is 1. The second-order valence-electron chi connectivity index (χ2n) is 9.46. The van der Waals surface area contributed by atoms with E-state index in [1.807, 2.05) is 47.5 Å². The van der Waals surface area contributed by atoms with E-state index in [1.165, 1.54) is 5.56 Å². The van der Waals surface area contributed by atoms with Gasteiger partial charge >= 0.3 is 5.97 Å². The molecule has 1 radical (unpaired) electrons. The zero-order chi connectivity index (χ0) is 24.2. The molecular formula is C28H30N4O3+. The van der Waals surface area contributed by atoms with Gasteiger partial charge in [0, 0.05) is 30.9 Å². The van der Waals surface area contributed by atoms with Gasteiger partial charge in [-0.15, -0.1) is 0 Å². The normalized spacial score (nSPS) is 21.8. The third kappa shape index (κ3) is 5.52. The van der Waals surface area contributed by atoms with Crippen LogP contribution in [0.25, 0.3) is 0 Å². The average Bonchev–Trinajstić information content (AvgIpc) is 3.32. The minimum atomic E-state index is -0.687. The van der Waals surface area contributed by atoms with E-state index in [0.717, 1.165) is 42.8 Å². The molecule has 2 aromatic rings. The van der Waals surface area contributed by atoms with Crippen molar-refractivity contribution >= 4 is 23.4 Å². The third-order valence-corrected chi connectivity index (χ3v) is 7.05. The van der Waals surface area contributed by atoms with Gasteiger partial charge in [0.15, 0.2) is 11.9 Å². The van der Waals surface area contributed by atoms with E-state index in [0.29, 0.717) is 37.2 Å². The van der Waals surface area contributed by atoms with Crippen LogP contribution in [0.3, 0.4) is 0 Å². The molecule has 0 unspecified atom stereocenters. The van der Waals surface area contributed by atoms with E-state index in [9.17, 15) is 9.59 Å². The Balaban J connectivity index is 1.16. The minimum Gasteiger partial charge on any atom is -0.481 e. The molecule has 0 spiro atoms. The maximum atomic E-state index is 12.6. The van der Waals surface area contributed by atoms with Crippen molar-refractivity contribution in [1.29, 1.82) is 0 Å². The number of aliphatic carboxylic acids is 1. The molecule has 7 nitrogen and oxygen atoms in total. The molecular weight excluding hydrogens is 440 g/mol. The summed E-state index contributed by atoms with van der Waals surface area (Å²) in [5, 5.41) is 12.0. The Bertz CT molecular complexity index is 1160. The lowest BCUT2D eigenvalue weighted by atomic mass is 9.77. The predicted octanol–water partition coefficient (Wildman–Crippen LogP) is 4.44. The lowest BCUT2D eigenvalue weighted by Crippen LogP contribution is -2.41. The molecule has 0 atom stereocenters. The van der Waals surface area contributed by atoms with Crippen LogP contribution in [0, 0.1) is 5.92 Å². The molecule has 1 aliphatic carbocycles. The molecule has 2 aliphatic heterocycles. The number of hydrogen-bond donors (Lipinski definition) is 2. The Hall–Kier alpha value is -3.71. The predicted molar refractivity (Wildman–Crippen MR) is 136 cm³/mol. The van der Waals surface area contributed by atoms with Gasteiger partial charge in [-0.3, -0.25) is 14.5 Å². The first-order valence-electron chi connectivity index (χ1n) is 12.2. The van der Waals surface area contributed by atoms with E-state index in [1.54, 1.807) is 6.20 Å². The van der Waals surface area contributed by atoms with Crippen molar-refractivity contribution in [2.75, 3.05) is 11.6 Å². The van der Waals surface area contributed by atoms with Crippen LogP contribution in [-0.2, 0) is 16.1 Å². The van der Waals surface area contributed by atoms with Crippen LogP contribution in [0.4, 0.5) is 5.69 Å². The number of amidine groups is 1. The maximum absolute atomic E-state index is 12.6. The summed E-state index contributed by atoms with van der Waals surface area (Å²) in [5.74, 6) is 0.715. The van der Waals surface area contributed by atoms with E-state index >= 15 is 0 Å². The fourth-order valence-electron chi connectivity index (χ4n) is 5.08. The first-order chi connectivity index (χ1) is 17.0. The summed E-state index contributed by atoms with van der Waals surface area (Å²) >= 11 is 0. The largest absolute Gasteiger partial charge is 0.481 e. The quantitative estimate of drug-likeness (QED) is 0.586. The zero-order valence-electron chi connectivity index (χ0n) is 19.6. The van der Waals surface area contributed by atoms with Crippen molar-refractivity contribution in [1.82, 2.24) is 10.2 Å². The molecule has 179 valence electrons. The number of hydrogen-bond acceptors (Lipinski definition) is 5. The fourth-order valence-corrected chi connectivity index (χ4v) is 5.08. The molecule has 5 rings (SSSR count). The molecule has 7 heteroatoms. The smallest absolute Gasteiger partial charge is 0.303 e. The van der Waals surface area contributed by atoms with Gasteiger partial charge < -0.3 is 10.4 Å². The van der Waals surface area contributed by atoms with E-state index in [-0.39, 0.29) is 5.91 Å². The number of aliphatic imine (C=N–C) groups is 1. The molecule has 35 heavy (non-hydrogen) atoms.